The zero-order valence-corrected chi connectivity index (χ0v) is 15.4. The monoisotopic (exact) mass is 412 g/mol. The molecule has 0 aliphatic rings. The first kappa shape index (κ1) is 16.0. The van der Waals surface area contributed by atoms with E-state index in [9.17, 15) is 4.79 Å². The number of aromatic nitrogens is 3. The molecule has 0 fully saturated rings. The zero-order valence-electron chi connectivity index (χ0n) is 13.0. The van der Waals surface area contributed by atoms with Gasteiger partial charge in [0.1, 0.15) is 5.01 Å². The van der Waals surface area contributed by atoms with Crippen LogP contribution >= 0.6 is 27.3 Å². The van der Waals surface area contributed by atoms with Gasteiger partial charge in [0.25, 0.3) is 5.91 Å². The van der Waals surface area contributed by atoms with Crippen molar-refractivity contribution in [2.24, 2.45) is 0 Å². The number of H-pyrrole nitrogens is 1. The molecule has 0 aliphatic carbocycles. The van der Waals surface area contributed by atoms with Crippen LogP contribution in [0.25, 0.3) is 10.9 Å². The maximum absolute atomic E-state index is 12.3. The minimum absolute atomic E-state index is 0.206. The van der Waals surface area contributed by atoms with Gasteiger partial charge in [-0.1, -0.05) is 41.7 Å². The first-order chi connectivity index (χ1) is 12.2. The highest BCUT2D eigenvalue weighted by atomic mass is 79.9. The molecule has 5 nitrogen and oxygen atoms in total. The Morgan fingerprint density at radius 1 is 1.12 bits per heavy atom. The molecule has 4 rings (SSSR count). The van der Waals surface area contributed by atoms with Crippen LogP contribution in [0.4, 0.5) is 5.13 Å². The van der Waals surface area contributed by atoms with Gasteiger partial charge in [-0.15, -0.1) is 10.2 Å². The smallest absolute Gasteiger partial charge is 0.258 e. The van der Waals surface area contributed by atoms with Crippen LogP contribution in [0.2, 0.25) is 0 Å². The van der Waals surface area contributed by atoms with Crippen LogP contribution in [0.1, 0.15) is 20.9 Å². The maximum Gasteiger partial charge on any atom is 0.258 e. The van der Waals surface area contributed by atoms with Crippen molar-refractivity contribution in [3.63, 3.8) is 0 Å². The van der Waals surface area contributed by atoms with E-state index < -0.39 is 0 Å². The fourth-order valence-corrected chi connectivity index (χ4v) is 3.85. The molecule has 0 unspecified atom stereocenters. The van der Waals surface area contributed by atoms with E-state index in [4.69, 9.17) is 0 Å². The van der Waals surface area contributed by atoms with Crippen LogP contribution in [0, 0.1) is 0 Å². The van der Waals surface area contributed by atoms with Crippen LogP contribution < -0.4 is 5.32 Å². The van der Waals surface area contributed by atoms with Crippen LogP contribution in [0.15, 0.2) is 59.2 Å². The predicted octanol–water partition coefficient (Wildman–Crippen LogP) is 4.63. The Morgan fingerprint density at radius 3 is 2.80 bits per heavy atom. The molecule has 2 aromatic carbocycles. The van der Waals surface area contributed by atoms with E-state index in [1.54, 1.807) is 6.07 Å². The lowest BCUT2D eigenvalue weighted by Crippen LogP contribution is -2.12. The van der Waals surface area contributed by atoms with Crippen LogP contribution in [0.5, 0.6) is 0 Å². The first-order valence-corrected chi connectivity index (χ1v) is 9.25. The van der Waals surface area contributed by atoms with Crippen molar-refractivity contribution in [1.29, 1.82) is 0 Å². The van der Waals surface area contributed by atoms with E-state index in [-0.39, 0.29) is 5.91 Å². The number of amides is 1. The van der Waals surface area contributed by atoms with Crippen molar-refractivity contribution in [3.05, 3.63) is 75.3 Å². The Morgan fingerprint density at radius 2 is 1.92 bits per heavy atom. The highest BCUT2D eigenvalue weighted by Crippen LogP contribution is 2.24. The van der Waals surface area contributed by atoms with Crippen LogP contribution in [-0.4, -0.2) is 21.1 Å². The van der Waals surface area contributed by atoms with Crippen LogP contribution in [-0.2, 0) is 6.42 Å². The average molecular weight is 413 g/mol. The maximum atomic E-state index is 12.3. The molecule has 25 heavy (non-hydrogen) atoms. The number of fused-ring (bicyclic) bond motifs is 1. The number of carbonyl (C=O) groups is 1. The first-order valence-electron chi connectivity index (χ1n) is 7.64. The van der Waals surface area contributed by atoms with Crippen molar-refractivity contribution in [2.75, 3.05) is 5.32 Å². The number of hydrogen-bond acceptors (Lipinski definition) is 4. The van der Waals surface area contributed by atoms with E-state index in [2.05, 4.69) is 42.5 Å². The standard InChI is InChI=1S/C18H13BrN4OS/c19-14-7-3-1-6-13(14)17(24)21-18-23-22-16(25-18)9-11-10-20-15-8-4-2-5-12(11)15/h1-8,10,20H,9H2,(H,21,23,24). The van der Waals surface area contributed by atoms with Crippen molar-refractivity contribution in [3.8, 4) is 0 Å². The number of benzene rings is 2. The molecular formula is C18H13BrN4OS. The summed E-state index contributed by atoms with van der Waals surface area (Å²) in [6.07, 6.45) is 2.66. The molecule has 0 saturated carbocycles. The molecule has 0 spiro atoms. The number of carbonyl (C=O) groups excluding carboxylic acids is 1. The fraction of sp³-hybridized carbons (Fsp3) is 0.0556. The van der Waals surface area contributed by atoms with Crippen molar-refractivity contribution < 1.29 is 4.79 Å². The number of halogens is 1. The molecule has 2 heterocycles. The fourth-order valence-electron chi connectivity index (χ4n) is 2.63. The Balaban J connectivity index is 1.51. The lowest BCUT2D eigenvalue weighted by atomic mass is 10.1. The lowest BCUT2D eigenvalue weighted by molar-refractivity contribution is 0.102. The van der Waals surface area contributed by atoms with Gasteiger partial charge in [-0.2, -0.15) is 0 Å². The number of nitrogens with zero attached hydrogens (tertiary/aromatic N) is 2. The summed E-state index contributed by atoms with van der Waals surface area (Å²) >= 11 is 4.77. The van der Waals surface area contributed by atoms with Gasteiger partial charge >= 0.3 is 0 Å². The number of rotatable bonds is 4. The molecule has 0 atom stereocenters. The quantitative estimate of drug-likeness (QED) is 0.513. The SMILES string of the molecule is O=C(Nc1nnc(Cc2c[nH]c3ccccc23)s1)c1ccccc1Br. The molecule has 2 aromatic heterocycles. The molecule has 0 saturated heterocycles. The minimum Gasteiger partial charge on any atom is -0.361 e. The molecule has 7 heteroatoms. The second-order valence-corrected chi connectivity index (χ2v) is 7.39. The van der Waals surface area contributed by atoms with Gasteiger partial charge in [0.05, 0.1) is 5.56 Å². The van der Waals surface area contributed by atoms with E-state index in [0.717, 1.165) is 20.6 Å². The number of aromatic amines is 1. The summed E-state index contributed by atoms with van der Waals surface area (Å²) in [6, 6.07) is 15.4. The molecule has 2 N–H and O–H groups in total. The van der Waals surface area contributed by atoms with Gasteiger partial charge in [0, 0.05) is 28.0 Å². The van der Waals surface area contributed by atoms with E-state index >= 15 is 0 Å². The van der Waals surface area contributed by atoms with Crippen molar-refractivity contribution >= 4 is 49.2 Å². The van der Waals surface area contributed by atoms with Gasteiger partial charge in [-0.25, -0.2) is 0 Å². The van der Waals surface area contributed by atoms with Crippen LogP contribution in [0.3, 0.4) is 0 Å². The Bertz CT molecular complexity index is 1060. The molecular weight excluding hydrogens is 400 g/mol. The molecule has 124 valence electrons. The highest BCUT2D eigenvalue weighted by molar-refractivity contribution is 9.10. The molecule has 0 radical (unpaired) electrons. The number of anilines is 1. The lowest BCUT2D eigenvalue weighted by Gasteiger charge is -2.02. The second-order valence-electron chi connectivity index (χ2n) is 5.47. The Labute approximate surface area is 156 Å². The summed E-state index contributed by atoms with van der Waals surface area (Å²) in [5.41, 5.74) is 2.83. The van der Waals surface area contributed by atoms with Gasteiger partial charge in [0.2, 0.25) is 5.13 Å². The topological polar surface area (TPSA) is 70.7 Å². The third-order valence-electron chi connectivity index (χ3n) is 3.82. The normalized spacial score (nSPS) is 10.9. The van der Waals surface area contributed by atoms with Crippen molar-refractivity contribution in [2.45, 2.75) is 6.42 Å². The zero-order chi connectivity index (χ0) is 17.2. The third-order valence-corrected chi connectivity index (χ3v) is 5.35. The summed E-state index contributed by atoms with van der Waals surface area (Å²) in [7, 11) is 0. The van der Waals surface area contributed by atoms with Gasteiger partial charge in [-0.05, 0) is 39.7 Å². The van der Waals surface area contributed by atoms with Crippen molar-refractivity contribution in [1.82, 2.24) is 15.2 Å². The summed E-state index contributed by atoms with van der Waals surface area (Å²) in [4.78, 5) is 15.6. The summed E-state index contributed by atoms with van der Waals surface area (Å²) in [5, 5.41) is 13.6. The molecule has 4 aromatic rings. The molecule has 0 bridgehead atoms. The molecule has 0 aliphatic heterocycles. The number of hydrogen-bond donors (Lipinski definition) is 2. The van der Waals surface area contributed by atoms with Gasteiger partial charge in [0.15, 0.2) is 0 Å². The van der Waals surface area contributed by atoms with Gasteiger partial charge < -0.3 is 4.98 Å². The third kappa shape index (κ3) is 3.33. The average Bonchev–Trinajstić information content (AvgIpc) is 3.23. The summed E-state index contributed by atoms with van der Waals surface area (Å²) < 4.78 is 0.746. The van der Waals surface area contributed by atoms with E-state index in [0.29, 0.717) is 17.1 Å². The Kier molecular flexibility index (Phi) is 4.33. The van der Waals surface area contributed by atoms with Gasteiger partial charge in [-0.3, -0.25) is 10.1 Å². The summed E-state index contributed by atoms with van der Waals surface area (Å²) in [5.74, 6) is -0.206. The summed E-state index contributed by atoms with van der Waals surface area (Å²) in [6.45, 7) is 0. The van der Waals surface area contributed by atoms with E-state index in [1.165, 1.54) is 16.7 Å². The largest absolute Gasteiger partial charge is 0.361 e. The highest BCUT2D eigenvalue weighted by Gasteiger charge is 2.13. The Hall–Kier alpha value is -2.51. The predicted molar refractivity (Wildman–Crippen MR) is 103 cm³/mol. The number of para-hydroxylation sites is 1. The van der Waals surface area contributed by atoms with E-state index in [1.807, 2.05) is 42.6 Å². The number of nitrogens with one attached hydrogen (secondary N) is 2. The second kappa shape index (κ2) is 6.78. The molecule has 1 amide bonds. The minimum atomic E-state index is -0.206.